The zero-order chi connectivity index (χ0) is 15.0. The Labute approximate surface area is 140 Å². The predicted molar refractivity (Wildman–Crippen MR) is 87.7 cm³/mol. The number of carbonyl (C=O) groups excluding carboxylic acids is 1. The van der Waals surface area contributed by atoms with Crippen molar-refractivity contribution in [3.63, 3.8) is 0 Å². The molecule has 2 saturated heterocycles. The normalized spacial score (nSPS) is 26.1. The van der Waals surface area contributed by atoms with E-state index in [1.165, 1.54) is 15.6 Å². The minimum atomic E-state index is -3.56. The van der Waals surface area contributed by atoms with Gasteiger partial charge in [0.15, 0.2) is 0 Å². The van der Waals surface area contributed by atoms with Crippen LogP contribution in [0.15, 0.2) is 21.7 Å². The summed E-state index contributed by atoms with van der Waals surface area (Å²) in [5, 5.41) is 1.74. The van der Waals surface area contributed by atoms with Gasteiger partial charge >= 0.3 is 0 Å². The average Bonchev–Trinajstić information content (AvgIpc) is 3.19. The number of nitrogens with zero attached hydrogens (tertiary/aromatic N) is 2. The summed E-state index contributed by atoms with van der Waals surface area (Å²) in [6, 6.07) is 2.75. The van der Waals surface area contributed by atoms with Gasteiger partial charge in [-0.3, -0.25) is 4.79 Å². The Morgan fingerprint density at radius 3 is 2.68 bits per heavy atom. The number of hydrogen-bond donors (Lipinski definition) is 1. The van der Waals surface area contributed by atoms with Crippen LogP contribution in [0.1, 0.15) is 19.3 Å². The first kappa shape index (κ1) is 17.7. The second-order valence-electron chi connectivity index (χ2n) is 5.54. The first-order valence-corrected chi connectivity index (χ1v) is 9.42. The predicted octanol–water partition coefficient (Wildman–Crippen LogP) is 0.883. The molecule has 1 aromatic rings. The molecule has 2 fully saturated rings. The molecule has 0 bridgehead atoms. The SMILES string of the molecule is Cl.N[C@@H]1CCN(C(=O)C2CCCN2S(=O)(=O)c2cccs2)C1. The van der Waals surface area contributed by atoms with E-state index in [1.54, 1.807) is 22.4 Å². The Morgan fingerprint density at radius 1 is 1.32 bits per heavy atom. The van der Waals surface area contributed by atoms with Crippen LogP contribution in [-0.2, 0) is 14.8 Å². The van der Waals surface area contributed by atoms with Gasteiger partial charge in [-0.15, -0.1) is 23.7 Å². The summed E-state index contributed by atoms with van der Waals surface area (Å²) in [5.41, 5.74) is 5.84. The van der Waals surface area contributed by atoms with E-state index in [9.17, 15) is 13.2 Å². The summed E-state index contributed by atoms with van der Waals surface area (Å²) in [6.45, 7) is 1.57. The third kappa shape index (κ3) is 3.16. The molecule has 9 heteroatoms. The van der Waals surface area contributed by atoms with E-state index in [1.807, 2.05) is 0 Å². The van der Waals surface area contributed by atoms with Crippen LogP contribution in [-0.4, -0.2) is 55.2 Å². The molecule has 2 aliphatic rings. The third-order valence-electron chi connectivity index (χ3n) is 4.08. The number of likely N-dealkylation sites (tertiary alicyclic amines) is 1. The highest BCUT2D eigenvalue weighted by atomic mass is 35.5. The Morgan fingerprint density at radius 2 is 2.09 bits per heavy atom. The lowest BCUT2D eigenvalue weighted by Gasteiger charge is -2.26. The maximum absolute atomic E-state index is 12.6. The van der Waals surface area contributed by atoms with E-state index in [2.05, 4.69) is 0 Å². The van der Waals surface area contributed by atoms with E-state index < -0.39 is 16.1 Å². The molecule has 2 atom stereocenters. The molecule has 22 heavy (non-hydrogen) atoms. The summed E-state index contributed by atoms with van der Waals surface area (Å²) in [5.74, 6) is -0.0967. The molecule has 2 aliphatic heterocycles. The molecule has 3 heterocycles. The van der Waals surface area contributed by atoms with Crippen LogP contribution >= 0.6 is 23.7 Å². The number of sulfonamides is 1. The molecule has 0 saturated carbocycles. The molecule has 0 aliphatic carbocycles. The Balaban J connectivity index is 0.00000176. The number of carbonyl (C=O) groups is 1. The monoisotopic (exact) mass is 365 g/mol. The lowest BCUT2D eigenvalue weighted by Crippen LogP contribution is -2.47. The van der Waals surface area contributed by atoms with E-state index >= 15 is 0 Å². The number of halogens is 1. The summed E-state index contributed by atoms with van der Waals surface area (Å²) in [7, 11) is -3.56. The number of thiophene rings is 1. The van der Waals surface area contributed by atoms with Crippen LogP contribution in [0.4, 0.5) is 0 Å². The van der Waals surface area contributed by atoms with Crippen molar-refractivity contribution >= 4 is 39.7 Å². The smallest absolute Gasteiger partial charge is 0.253 e. The Hall–Kier alpha value is -0.670. The van der Waals surface area contributed by atoms with Crippen molar-refractivity contribution in [3.8, 4) is 0 Å². The molecule has 3 rings (SSSR count). The van der Waals surface area contributed by atoms with E-state index in [4.69, 9.17) is 5.73 Å². The fraction of sp³-hybridized carbons (Fsp3) is 0.615. The van der Waals surface area contributed by atoms with Crippen molar-refractivity contribution in [2.45, 2.75) is 35.6 Å². The Bertz CT molecular complexity index is 620. The van der Waals surface area contributed by atoms with Crippen LogP contribution in [0.2, 0.25) is 0 Å². The van der Waals surface area contributed by atoms with Gasteiger partial charge in [-0.1, -0.05) is 6.07 Å². The minimum absolute atomic E-state index is 0. The fourth-order valence-corrected chi connectivity index (χ4v) is 5.77. The van der Waals surface area contributed by atoms with Gasteiger partial charge in [-0.2, -0.15) is 4.31 Å². The van der Waals surface area contributed by atoms with Gasteiger partial charge in [-0.05, 0) is 30.7 Å². The van der Waals surface area contributed by atoms with Crippen molar-refractivity contribution in [1.29, 1.82) is 0 Å². The van der Waals surface area contributed by atoms with Crippen molar-refractivity contribution in [2.24, 2.45) is 5.73 Å². The van der Waals surface area contributed by atoms with Gasteiger partial charge in [0.1, 0.15) is 10.3 Å². The molecule has 6 nitrogen and oxygen atoms in total. The molecule has 0 radical (unpaired) electrons. The lowest BCUT2D eigenvalue weighted by molar-refractivity contribution is -0.133. The first-order valence-electron chi connectivity index (χ1n) is 7.10. The summed E-state index contributed by atoms with van der Waals surface area (Å²) < 4.78 is 26.9. The van der Waals surface area contributed by atoms with Gasteiger partial charge in [0.05, 0.1) is 0 Å². The van der Waals surface area contributed by atoms with Gasteiger partial charge in [0.25, 0.3) is 10.0 Å². The zero-order valence-corrected chi connectivity index (χ0v) is 14.5. The van der Waals surface area contributed by atoms with E-state index in [0.717, 1.165) is 12.8 Å². The van der Waals surface area contributed by atoms with Crippen LogP contribution in [0, 0.1) is 0 Å². The van der Waals surface area contributed by atoms with Crippen LogP contribution in [0.25, 0.3) is 0 Å². The quantitative estimate of drug-likeness (QED) is 0.861. The van der Waals surface area contributed by atoms with Crippen LogP contribution in [0.3, 0.4) is 0 Å². The van der Waals surface area contributed by atoms with Gasteiger partial charge in [0.2, 0.25) is 5.91 Å². The Kier molecular flexibility index (Phi) is 5.50. The highest BCUT2D eigenvalue weighted by Crippen LogP contribution is 2.30. The van der Waals surface area contributed by atoms with Crippen molar-refractivity contribution in [2.75, 3.05) is 19.6 Å². The second kappa shape index (κ2) is 6.84. The molecular formula is C13H20ClN3O3S2. The molecule has 1 amide bonds. The van der Waals surface area contributed by atoms with Crippen molar-refractivity contribution in [3.05, 3.63) is 17.5 Å². The maximum Gasteiger partial charge on any atom is 0.253 e. The summed E-state index contributed by atoms with van der Waals surface area (Å²) in [6.07, 6.45) is 2.10. The molecule has 2 N–H and O–H groups in total. The standard InChI is InChI=1S/C13H19N3O3S2.ClH/c14-10-5-7-15(9-10)13(17)11-3-1-6-16(11)21(18,19)12-4-2-8-20-12;/h2,4,8,10-11H,1,3,5-7,9,14H2;1H/t10-,11?;/m1./s1. The van der Waals surface area contributed by atoms with Gasteiger partial charge < -0.3 is 10.6 Å². The van der Waals surface area contributed by atoms with Crippen LogP contribution < -0.4 is 5.73 Å². The van der Waals surface area contributed by atoms with E-state index in [0.29, 0.717) is 30.3 Å². The van der Waals surface area contributed by atoms with Gasteiger partial charge in [-0.25, -0.2) is 8.42 Å². The lowest BCUT2D eigenvalue weighted by atomic mass is 10.2. The first-order chi connectivity index (χ1) is 10.00. The second-order valence-corrected chi connectivity index (χ2v) is 8.60. The molecule has 124 valence electrons. The van der Waals surface area contributed by atoms with Crippen molar-refractivity contribution in [1.82, 2.24) is 9.21 Å². The number of amides is 1. The molecular weight excluding hydrogens is 346 g/mol. The van der Waals surface area contributed by atoms with Gasteiger partial charge in [0, 0.05) is 25.7 Å². The number of rotatable bonds is 3. The average molecular weight is 366 g/mol. The highest BCUT2D eigenvalue weighted by Gasteiger charge is 2.42. The third-order valence-corrected chi connectivity index (χ3v) is 7.36. The molecule has 1 unspecified atom stereocenters. The zero-order valence-electron chi connectivity index (χ0n) is 12.1. The topological polar surface area (TPSA) is 83.7 Å². The summed E-state index contributed by atoms with van der Waals surface area (Å²) in [4.78, 5) is 14.3. The summed E-state index contributed by atoms with van der Waals surface area (Å²) >= 11 is 1.19. The van der Waals surface area contributed by atoms with E-state index in [-0.39, 0.29) is 24.4 Å². The fourth-order valence-electron chi connectivity index (χ4n) is 3.00. The maximum atomic E-state index is 12.6. The molecule has 1 aromatic heterocycles. The number of hydrogen-bond acceptors (Lipinski definition) is 5. The van der Waals surface area contributed by atoms with Crippen molar-refractivity contribution < 1.29 is 13.2 Å². The largest absolute Gasteiger partial charge is 0.340 e. The molecule has 0 spiro atoms. The van der Waals surface area contributed by atoms with Crippen LogP contribution in [0.5, 0.6) is 0 Å². The minimum Gasteiger partial charge on any atom is -0.340 e. The molecule has 0 aromatic carbocycles. The number of nitrogens with two attached hydrogens (primary N) is 1. The highest BCUT2D eigenvalue weighted by molar-refractivity contribution is 7.91.